The summed E-state index contributed by atoms with van der Waals surface area (Å²) in [5.74, 6) is -0.0817. The summed E-state index contributed by atoms with van der Waals surface area (Å²) in [5, 5.41) is 2.10. The van der Waals surface area contributed by atoms with Gasteiger partial charge in [0.05, 0.1) is 0 Å². The minimum Gasteiger partial charge on any atom is -0.402 e. The molecule has 0 unspecified atom stereocenters. The molecule has 0 atom stereocenters. The molecule has 0 bridgehead atoms. The maximum absolute atomic E-state index is 12.1. The average Bonchev–Trinajstić information content (AvgIpc) is 3.03. The summed E-state index contributed by atoms with van der Waals surface area (Å²) in [6.07, 6.45) is 5.40. The van der Waals surface area contributed by atoms with Crippen molar-refractivity contribution in [1.29, 1.82) is 0 Å². The minimum absolute atomic E-state index is 0.301. The van der Waals surface area contributed by atoms with Crippen LogP contribution in [0.1, 0.15) is 11.1 Å². The molecule has 0 radical (unpaired) electrons. The lowest BCUT2D eigenvalue weighted by molar-refractivity contribution is -0.130. The molecule has 0 saturated heterocycles. The van der Waals surface area contributed by atoms with Crippen LogP contribution in [0, 0.1) is 0 Å². The fourth-order valence-corrected chi connectivity index (χ4v) is 2.76. The van der Waals surface area contributed by atoms with Gasteiger partial charge in [0.1, 0.15) is 0 Å². The fraction of sp³-hybridized carbons (Fsp3) is 0. The van der Waals surface area contributed by atoms with Crippen molar-refractivity contribution in [2.24, 2.45) is 4.99 Å². The number of rotatable bonds is 3. The molecule has 3 nitrogen and oxygen atoms in total. The van der Waals surface area contributed by atoms with Crippen molar-refractivity contribution in [2.75, 3.05) is 0 Å². The topological polar surface area (TPSA) is 38.7 Å². The van der Waals surface area contributed by atoms with Crippen LogP contribution < -0.4 is 0 Å². The van der Waals surface area contributed by atoms with E-state index in [0.29, 0.717) is 11.6 Å². The summed E-state index contributed by atoms with van der Waals surface area (Å²) in [5.41, 5.74) is 2.18. The summed E-state index contributed by atoms with van der Waals surface area (Å²) in [7, 11) is 0. The predicted molar refractivity (Wildman–Crippen MR) is 100 cm³/mol. The van der Waals surface area contributed by atoms with Gasteiger partial charge >= 0.3 is 5.97 Å². The molecule has 25 heavy (non-hydrogen) atoms. The molecule has 0 saturated carbocycles. The normalized spacial score (nSPS) is 15.8. The largest absolute Gasteiger partial charge is 0.402 e. The number of allylic oxidation sites excluding steroid dienone is 2. The molecule has 3 heteroatoms. The van der Waals surface area contributed by atoms with E-state index in [9.17, 15) is 4.79 Å². The molecule has 1 aliphatic heterocycles. The van der Waals surface area contributed by atoms with Crippen molar-refractivity contribution in [3.8, 4) is 0 Å². The smallest absolute Gasteiger partial charge is 0.363 e. The Kier molecular flexibility index (Phi) is 3.97. The number of aliphatic imine (C=N–C) groups is 1. The van der Waals surface area contributed by atoms with Gasteiger partial charge in [0.2, 0.25) is 5.90 Å². The van der Waals surface area contributed by atoms with Gasteiger partial charge in [-0.3, -0.25) is 0 Å². The SMILES string of the molecule is O=C1OC(c2cccc3ccccc23)=N/C1=C/C=C/c1ccccc1. The van der Waals surface area contributed by atoms with Crippen LogP contribution in [0.3, 0.4) is 0 Å². The molecule has 0 fully saturated rings. The van der Waals surface area contributed by atoms with E-state index in [-0.39, 0.29) is 0 Å². The quantitative estimate of drug-likeness (QED) is 0.515. The average molecular weight is 325 g/mol. The van der Waals surface area contributed by atoms with Crippen LogP contribution in [-0.2, 0) is 9.53 Å². The third-order valence-electron chi connectivity index (χ3n) is 3.98. The summed E-state index contributed by atoms with van der Waals surface area (Å²) < 4.78 is 5.38. The summed E-state index contributed by atoms with van der Waals surface area (Å²) in [6.45, 7) is 0. The number of benzene rings is 3. The predicted octanol–water partition coefficient (Wildman–Crippen LogP) is 4.74. The van der Waals surface area contributed by atoms with Gasteiger partial charge in [0.25, 0.3) is 0 Å². The second kappa shape index (κ2) is 6.57. The van der Waals surface area contributed by atoms with Crippen molar-refractivity contribution in [2.45, 2.75) is 0 Å². The number of ether oxygens (including phenoxy) is 1. The number of carbonyl (C=O) groups is 1. The van der Waals surface area contributed by atoms with Crippen LogP contribution in [0.5, 0.6) is 0 Å². The number of esters is 1. The van der Waals surface area contributed by atoms with Crippen LogP contribution in [0.4, 0.5) is 0 Å². The zero-order chi connectivity index (χ0) is 17.1. The number of fused-ring (bicyclic) bond motifs is 1. The monoisotopic (exact) mass is 325 g/mol. The zero-order valence-electron chi connectivity index (χ0n) is 13.4. The van der Waals surface area contributed by atoms with Crippen LogP contribution >= 0.6 is 0 Å². The highest BCUT2D eigenvalue weighted by molar-refractivity contribution is 6.16. The first kappa shape index (κ1) is 15.1. The molecule has 0 amide bonds. The second-order valence-electron chi connectivity index (χ2n) is 5.65. The molecule has 4 rings (SSSR count). The van der Waals surface area contributed by atoms with E-state index >= 15 is 0 Å². The Balaban J connectivity index is 1.66. The van der Waals surface area contributed by atoms with Gasteiger partial charge in [-0.25, -0.2) is 9.79 Å². The Hall–Kier alpha value is -3.46. The van der Waals surface area contributed by atoms with Crippen molar-refractivity contribution in [1.82, 2.24) is 0 Å². The third kappa shape index (κ3) is 3.12. The molecule has 3 aromatic carbocycles. The van der Waals surface area contributed by atoms with Crippen LogP contribution in [0.2, 0.25) is 0 Å². The molecule has 3 aromatic rings. The molecular formula is C22H15NO2. The first-order valence-electron chi connectivity index (χ1n) is 8.04. The van der Waals surface area contributed by atoms with Crippen molar-refractivity contribution in [3.63, 3.8) is 0 Å². The lowest BCUT2D eigenvalue weighted by Gasteiger charge is -2.04. The summed E-state index contributed by atoms with van der Waals surface area (Å²) >= 11 is 0. The van der Waals surface area contributed by atoms with E-state index in [1.54, 1.807) is 6.08 Å². The van der Waals surface area contributed by atoms with Gasteiger partial charge in [0.15, 0.2) is 5.70 Å². The van der Waals surface area contributed by atoms with E-state index in [4.69, 9.17) is 4.74 Å². The third-order valence-corrected chi connectivity index (χ3v) is 3.98. The van der Waals surface area contributed by atoms with Crippen molar-refractivity contribution in [3.05, 3.63) is 102 Å². The Labute approximate surface area is 145 Å². The van der Waals surface area contributed by atoms with Gasteiger partial charge in [-0.2, -0.15) is 0 Å². The molecule has 120 valence electrons. The van der Waals surface area contributed by atoms with Gasteiger partial charge in [-0.05, 0) is 28.5 Å². The first-order chi connectivity index (χ1) is 12.3. The van der Waals surface area contributed by atoms with E-state index in [2.05, 4.69) is 4.99 Å². The summed E-state index contributed by atoms with van der Waals surface area (Å²) in [6, 6.07) is 23.7. The highest BCUT2D eigenvalue weighted by atomic mass is 16.6. The Morgan fingerprint density at radius 1 is 0.840 bits per heavy atom. The molecule has 0 spiro atoms. The van der Waals surface area contributed by atoms with Crippen molar-refractivity contribution >= 4 is 28.7 Å². The Morgan fingerprint density at radius 2 is 1.60 bits per heavy atom. The maximum atomic E-state index is 12.1. The minimum atomic E-state index is -0.430. The first-order valence-corrected chi connectivity index (χ1v) is 8.04. The molecule has 0 aliphatic carbocycles. The van der Waals surface area contributed by atoms with E-state index in [1.165, 1.54) is 0 Å². The highest BCUT2D eigenvalue weighted by Crippen LogP contribution is 2.23. The van der Waals surface area contributed by atoms with Crippen LogP contribution in [0.25, 0.3) is 16.8 Å². The Morgan fingerprint density at radius 3 is 2.48 bits per heavy atom. The van der Waals surface area contributed by atoms with E-state index in [0.717, 1.165) is 21.9 Å². The standard InChI is InChI=1S/C22H15NO2/c24-22-20(15-6-10-16-8-2-1-3-9-16)23-21(25-22)19-14-7-12-17-11-4-5-13-18(17)19/h1-15H/b10-6+,20-15+. The Bertz CT molecular complexity index is 1020. The van der Waals surface area contributed by atoms with Crippen LogP contribution in [-0.4, -0.2) is 11.9 Å². The van der Waals surface area contributed by atoms with Crippen LogP contribution in [0.15, 0.2) is 95.6 Å². The molecule has 1 heterocycles. The number of hydrogen-bond acceptors (Lipinski definition) is 3. The van der Waals surface area contributed by atoms with E-state index in [1.807, 2.05) is 84.9 Å². The lowest BCUT2D eigenvalue weighted by Crippen LogP contribution is -2.05. The zero-order valence-corrected chi connectivity index (χ0v) is 13.4. The molecular weight excluding hydrogens is 310 g/mol. The van der Waals surface area contributed by atoms with E-state index < -0.39 is 5.97 Å². The highest BCUT2D eigenvalue weighted by Gasteiger charge is 2.24. The van der Waals surface area contributed by atoms with Gasteiger partial charge in [-0.15, -0.1) is 0 Å². The number of cyclic esters (lactones) is 1. The summed E-state index contributed by atoms with van der Waals surface area (Å²) in [4.78, 5) is 16.5. The number of hydrogen-bond donors (Lipinski definition) is 0. The number of nitrogens with zero attached hydrogens (tertiary/aromatic N) is 1. The van der Waals surface area contributed by atoms with Gasteiger partial charge < -0.3 is 4.74 Å². The molecule has 1 aliphatic rings. The van der Waals surface area contributed by atoms with Gasteiger partial charge in [-0.1, -0.05) is 78.9 Å². The van der Waals surface area contributed by atoms with Gasteiger partial charge in [0, 0.05) is 5.56 Å². The number of carbonyl (C=O) groups excluding carboxylic acids is 1. The second-order valence-corrected chi connectivity index (χ2v) is 5.65. The fourth-order valence-electron chi connectivity index (χ4n) is 2.76. The lowest BCUT2D eigenvalue weighted by atomic mass is 10.0. The molecule has 0 N–H and O–H groups in total. The molecule has 0 aromatic heterocycles. The van der Waals surface area contributed by atoms with Crippen molar-refractivity contribution < 1.29 is 9.53 Å². The maximum Gasteiger partial charge on any atom is 0.363 e.